The highest BCUT2D eigenvalue weighted by Gasteiger charge is 2.27. The van der Waals surface area contributed by atoms with E-state index in [1.54, 1.807) is 0 Å². The quantitative estimate of drug-likeness (QED) is 0.515. The van der Waals surface area contributed by atoms with Gasteiger partial charge in [-0.25, -0.2) is 18.0 Å². The number of imide groups is 1. The first-order valence-electron chi connectivity index (χ1n) is 11.1. The minimum atomic E-state index is -3.79. The molecule has 1 heterocycles. The average molecular weight is 484 g/mol. The van der Waals surface area contributed by atoms with Crippen molar-refractivity contribution in [2.24, 2.45) is 5.92 Å². The Morgan fingerprint density at radius 3 is 2.36 bits per heavy atom. The number of sulfonamides is 1. The maximum Gasteiger partial charge on any atom is 0.342 e. The van der Waals surface area contributed by atoms with Crippen LogP contribution >= 0.6 is 0 Å². The highest BCUT2D eigenvalue weighted by atomic mass is 32.2. The molecule has 10 nitrogen and oxygen atoms in total. The molecule has 184 valence electrons. The predicted octanol–water partition coefficient (Wildman–Crippen LogP) is 2.29. The summed E-state index contributed by atoms with van der Waals surface area (Å²) in [6.07, 6.45) is 4.27. The second-order valence-electron chi connectivity index (χ2n) is 8.24. The molecule has 2 rings (SSSR count). The molecule has 33 heavy (non-hydrogen) atoms. The van der Waals surface area contributed by atoms with Gasteiger partial charge in [-0.3, -0.25) is 10.1 Å². The van der Waals surface area contributed by atoms with Crippen LogP contribution in [0.25, 0.3) is 0 Å². The smallest absolute Gasteiger partial charge is 0.342 e. The van der Waals surface area contributed by atoms with Crippen LogP contribution in [-0.4, -0.2) is 64.0 Å². The predicted molar refractivity (Wildman–Crippen MR) is 121 cm³/mol. The number of hydrogen-bond donors (Lipinski definition) is 2. The summed E-state index contributed by atoms with van der Waals surface area (Å²) < 4.78 is 37.7. The molecule has 0 saturated carbocycles. The highest BCUT2D eigenvalue weighted by Crippen LogP contribution is 2.26. The van der Waals surface area contributed by atoms with Crippen molar-refractivity contribution >= 4 is 27.9 Å². The molecule has 11 heteroatoms. The second kappa shape index (κ2) is 12.5. The minimum absolute atomic E-state index is 0.0499. The van der Waals surface area contributed by atoms with Gasteiger partial charge in [-0.1, -0.05) is 26.7 Å². The first kappa shape index (κ1) is 26.6. The summed E-state index contributed by atoms with van der Waals surface area (Å²) >= 11 is 0. The SMILES string of the molecule is COc1ccc(S(=O)(=O)N2CCCCCC2)cc1C(=O)OCC(=O)NC(=O)NCCC(C)C. The van der Waals surface area contributed by atoms with Crippen molar-refractivity contribution in [3.05, 3.63) is 23.8 Å². The summed E-state index contributed by atoms with van der Waals surface area (Å²) in [6, 6.07) is 3.27. The third-order valence-electron chi connectivity index (χ3n) is 5.19. The number of amides is 3. The molecule has 0 aromatic heterocycles. The topological polar surface area (TPSA) is 131 Å². The second-order valence-corrected chi connectivity index (χ2v) is 10.2. The van der Waals surface area contributed by atoms with Crippen LogP contribution in [0.3, 0.4) is 0 Å². The van der Waals surface area contributed by atoms with Gasteiger partial charge >= 0.3 is 12.0 Å². The molecule has 0 bridgehead atoms. The Balaban J connectivity index is 2.04. The fraction of sp³-hybridized carbons (Fsp3) is 0.591. The largest absolute Gasteiger partial charge is 0.496 e. The molecular formula is C22H33N3O7S. The summed E-state index contributed by atoms with van der Waals surface area (Å²) in [6.45, 7) is 4.56. The third kappa shape index (κ3) is 8.01. The molecule has 1 aliphatic rings. The number of carbonyl (C=O) groups is 3. The Morgan fingerprint density at radius 2 is 1.76 bits per heavy atom. The van der Waals surface area contributed by atoms with Gasteiger partial charge in [0.2, 0.25) is 10.0 Å². The first-order valence-corrected chi connectivity index (χ1v) is 12.5. The van der Waals surface area contributed by atoms with E-state index in [0.717, 1.165) is 32.1 Å². The monoisotopic (exact) mass is 483 g/mol. The van der Waals surface area contributed by atoms with Gasteiger partial charge in [0, 0.05) is 19.6 Å². The molecule has 3 amide bonds. The van der Waals surface area contributed by atoms with E-state index in [4.69, 9.17) is 9.47 Å². The third-order valence-corrected chi connectivity index (χ3v) is 7.08. The lowest BCUT2D eigenvalue weighted by Gasteiger charge is -2.20. The number of esters is 1. The fourth-order valence-corrected chi connectivity index (χ4v) is 4.87. The van der Waals surface area contributed by atoms with Crippen molar-refractivity contribution in [2.45, 2.75) is 50.8 Å². The van der Waals surface area contributed by atoms with E-state index in [1.165, 1.54) is 29.6 Å². The maximum atomic E-state index is 13.1. The summed E-state index contributed by atoms with van der Waals surface area (Å²) in [5.74, 6) is -1.23. The summed E-state index contributed by atoms with van der Waals surface area (Å²) in [7, 11) is -2.45. The van der Waals surface area contributed by atoms with Gasteiger partial charge in [0.15, 0.2) is 6.61 Å². The molecular weight excluding hydrogens is 450 g/mol. The van der Waals surface area contributed by atoms with Gasteiger partial charge < -0.3 is 14.8 Å². The van der Waals surface area contributed by atoms with Crippen molar-refractivity contribution in [1.29, 1.82) is 0 Å². The van der Waals surface area contributed by atoms with E-state index in [1.807, 2.05) is 13.8 Å². The number of ether oxygens (including phenoxy) is 2. The fourth-order valence-electron chi connectivity index (χ4n) is 3.33. The van der Waals surface area contributed by atoms with E-state index in [0.29, 0.717) is 25.6 Å². The van der Waals surface area contributed by atoms with Crippen LogP contribution in [0.1, 0.15) is 56.3 Å². The number of carbonyl (C=O) groups excluding carboxylic acids is 3. The molecule has 1 saturated heterocycles. The summed E-state index contributed by atoms with van der Waals surface area (Å²) in [5.41, 5.74) is -0.123. The van der Waals surface area contributed by atoms with Gasteiger partial charge in [0.05, 0.1) is 12.0 Å². The lowest BCUT2D eigenvalue weighted by atomic mass is 10.1. The van der Waals surface area contributed by atoms with Crippen LogP contribution in [0.5, 0.6) is 5.75 Å². The van der Waals surface area contributed by atoms with Crippen molar-refractivity contribution in [2.75, 3.05) is 33.4 Å². The standard InChI is InChI=1S/C22H33N3O7S/c1-16(2)10-11-23-22(28)24-20(26)15-32-21(27)18-14-17(8-9-19(18)31-3)33(29,30)25-12-6-4-5-7-13-25/h8-9,14,16H,4-7,10-13,15H2,1-3H3,(H2,23,24,26,28). The van der Waals surface area contributed by atoms with Crippen LogP contribution in [-0.2, 0) is 19.6 Å². The van der Waals surface area contributed by atoms with Gasteiger partial charge in [-0.15, -0.1) is 0 Å². The Kier molecular flexibility index (Phi) is 10.1. The normalized spacial score (nSPS) is 14.9. The van der Waals surface area contributed by atoms with Crippen LogP contribution in [0.15, 0.2) is 23.1 Å². The molecule has 0 atom stereocenters. The number of nitrogens with one attached hydrogen (secondary N) is 2. The maximum absolute atomic E-state index is 13.1. The minimum Gasteiger partial charge on any atom is -0.496 e. The molecule has 0 aliphatic carbocycles. The molecule has 1 fully saturated rings. The van der Waals surface area contributed by atoms with E-state index < -0.39 is 34.5 Å². The van der Waals surface area contributed by atoms with Gasteiger partial charge in [-0.05, 0) is 43.4 Å². The van der Waals surface area contributed by atoms with Crippen molar-refractivity contribution in [3.8, 4) is 5.75 Å². The summed E-state index contributed by atoms with van der Waals surface area (Å²) in [4.78, 5) is 36.2. The van der Waals surface area contributed by atoms with Crippen LogP contribution in [0.2, 0.25) is 0 Å². The van der Waals surface area contributed by atoms with Gasteiger partial charge in [0.1, 0.15) is 11.3 Å². The molecule has 0 spiro atoms. The van der Waals surface area contributed by atoms with Crippen LogP contribution in [0, 0.1) is 5.92 Å². The molecule has 1 aliphatic heterocycles. The Hall–Kier alpha value is -2.66. The average Bonchev–Trinajstić information content (AvgIpc) is 3.07. The molecule has 0 radical (unpaired) electrons. The Morgan fingerprint density at radius 1 is 1.09 bits per heavy atom. The Bertz CT molecular complexity index is 939. The van der Waals surface area contributed by atoms with Crippen molar-refractivity contribution in [3.63, 3.8) is 0 Å². The van der Waals surface area contributed by atoms with Gasteiger partial charge in [-0.2, -0.15) is 4.31 Å². The zero-order chi connectivity index (χ0) is 24.4. The Labute approximate surface area is 195 Å². The lowest BCUT2D eigenvalue weighted by molar-refractivity contribution is -0.123. The van der Waals surface area contributed by atoms with Gasteiger partial charge in [0.25, 0.3) is 5.91 Å². The van der Waals surface area contributed by atoms with E-state index in [9.17, 15) is 22.8 Å². The number of hydrogen-bond acceptors (Lipinski definition) is 7. The number of nitrogens with zero attached hydrogens (tertiary/aromatic N) is 1. The number of rotatable bonds is 9. The zero-order valence-corrected chi connectivity index (χ0v) is 20.2. The van der Waals surface area contributed by atoms with Crippen molar-refractivity contribution in [1.82, 2.24) is 14.9 Å². The summed E-state index contributed by atoms with van der Waals surface area (Å²) in [5, 5.41) is 4.61. The lowest BCUT2D eigenvalue weighted by Crippen LogP contribution is -2.42. The van der Waals surface area contributed by atoms with E-state index in [2.05, 4.69) is 10.6 Å². The van der Waals surface area contributed by atoms with E-state index in [-0.39, 0.29) is 16.2 Å². The van der Waals surface area contributed by atoms with Crippen molar-refractivity contribution < 1.29 is 32.3 Å². The molecule has 1 aromatic rings. The zero-order valence-electron chi connectivity index (χ0n) is 19.4. The molecule has 0 unspecified atom stereocenters. The first-order chi connectivity index (χ1) is 15.6. The van der Waals surface area contributed by atoms with Crippen LogP contribution < -0.4 is 15.4 Å². The molecule has 1 aromatic carbocycles. The number of benzene rings is 1. The molecule has 2 N–H and O–H groups in total. The highest BCUT2D eigenvalue weighted by molar-refractivity contribution is 7.89. The number of methoxy groups -OCH3 is 1. The van der Waals surface area contributed by atoms with E-state index >= 15 is 0 Å². The van der Waals surface area contributed by atoms with Crippen LogP contribution in [0.4, 0.5) is 4.79 Å². The number of urea groups is 1.